The number of aryl methyl sites for hydroxylation is 5. The molecule has 0 unspecified atom stereocenters. The minimum Gasteiger partial charge on any atom is -0.355 e. The number of rotatable bonds is 6. The summed E-state index contributed by atoms with van der Waals surface area (Å²) in [6.45, 7) is 10.2. The number of anilines is 1. The van der Waals surface area contributed by atoms with Gasteiger partial charge in [-0.1, -0.05) is 58.8 Å². The van der Waals surface area contributed by atoms with Crippen LogP contribution in [-0.4, -0.2) is 36.9 Å². The first-order chi connectivity index (χ1) is 17.1. The third-order valence-corrected chi connectivity index (χ3v) is 8.74. The van der Waals surface area contributed by atoms with Crippen LogP contribution < -0.4 is 5.32 Å². The number of benzene rings is 2. The number of nitrogens with one attached hydrogen (secondary N) is 1. The van der Waals surface area contributed by atoms with Crippen molar-refractivity contribution in [1.29, 1.82) is 0 Å². The van der Waals surface area contributed by atoms with Crippen molar-refractivity contribution in [2.45, 2.75) is 52.4 Å². The number of carbonyl (C=O) groups is 1. The Hall–Kier alpha value is -3.23. The number of piperidine rings is 1. The Morgan fingerprint density at radius 2 is 1.58 bits per heavy atom. The predicted octanol–water partition coefficient (Wildman–Crippen LogP) is 5.43. The summed E-state index contributed by atoms with van der Waals surface area (Å²) in [5.41, 5.74) is 6.44. The van der Waals surface area contributed by atoms with Crippen molar-refractivity contribution in [3.05, 3.63) is 75.7 Å². The fourth-order valence-corrected chi connectivity index (χ4v) is 6.46. The summed E-state index contributed by atoms with van der Waals surface area (Å²) in [5, 5.41) is 6.99. The maximum Gasteiger partial charge on any atom is 0.248 e. The smallest absolute Gasteiger partial charge is 0.248 e. The first-order valence-electron chi connectivity index (χ1n) is 12.2. The number of amides is 1. The van der Waals surface area contributed by atoms with Crippen molar-refractivity contribution in [3.63, 3.8) is 0 Å². The molecule has 0 bridgehead atoms. The van der Waals surface area contributed by atoms with Gasteiger partial charge >= 0.3 is 0 Å². The Morgan fingerprint density at radius 1 is 0.972 bits per heavy atom. The third-order valence-electron chi connectivity index (χ3n) is 6.69. The molecule has 1 aromatic heterocycles. The van der Waals surface area contributed by atoms with Crippen molar-refractivity contribution in [3.8, 4) is 0 Å². The van der Waals surface area contributed by atoms with Gasteiger partial charge in [-0.25, -0.2) is 8.42 Å². The van der Waals surface area contributed by atoms with Gasteiger partial charge in [0.2, 0.25) is 15.9 Å². The summed E-state index contributed by atoms with van der Waals surface area (Å²) in [7, 11) is -3.82. The minimum atomic E-state index is -3.82. The molecule has 1 aliphatic rings. The Bertz CT molecular complexity index is 1370. The van der Waals surface area contributed by atoms with Crippen LogP contribution >= 0.6 is 0 Å². The average molecular weight is 508 g/mol. The van der Waals surface area contributed by atoms with Gasteiger partial charge in [-0.3, -0.25) is 4.79 Å². The lowest BCUT2D eigenvalue weighted by atomic mass is 9.96. The van der Waals surface area contributed by atoms with E-state index in [2.05, 4.69) is 10.5 Å². The monoisotopic (exact) mass is 507 g/mol. The number of carbonyl (C=O) groups excluding carboxylic acids is 1. The zero-order chi connectivity index (χ0) is 26.0. The van der Waals surface area contributed by atoms with Crippen molar-refractivity contribution in [2.24, 2.45) is 5.92 Å². The van der Waals surface area contributed by atoms with Gasteiger partial charge in [-0.05, 0) is 70.2 Å². The lowest BCUT2D eigenvalue weighted by molar-refractivity contribution is -0.120. The average Bonchev–Trinajstić information content (AvgIpc) is 3.22. The van der Waals surface area contributed by atoms with E-state index < -0.39 is 10.0 Å². The molecule has 1 fully saturated rings. The van der Waals surface area contributed by atoms with Crippen LogP contribution in [0.1, 0.15) is 52.1 Å². The van der Waals surface area contributed by atoms with Crippen LogP contribution in [0.2, 0.25) is 0 Å². The molecule has 0 aliphatic carbocycles. The second-order valence-electron chi connectivity index (χ2n) is 9.65. The molecule has 1 amide bonds. The molecule has 4 rings (SSSR count). The van der Waals surface area contributed by atoms with Crippen LogP contribution in [0.25, 0.3) is 12.2 Å². The largest absolute Gasteiger partial charge is 0.355 e. The van der Waals surface area contributed by atoms with Gasteiger partial charge in [0.05, 0.1) is 0 Å². The molecule has 190 valence electrons. The zero-order valence-electron chi connectivity index (χ0n) is 21.5. The lowest BCUT2D eigenvalue weighted by Crippen LogP contribution is -2.41. The van der Waals surface area contributed by atoms with Crippen LogP contribution in [0.15, 0.2) is 45.8 Å². The number of sulfonamides is 1. The Balaban J connectivity index is 1.46. The maximum absolute atomic E-state index is 13.5. The molecule has 0 atom stereocenters. The van der Waals surface area contributed by atoms with Gasteiger partial charge in [0.25, 0.3) is 0 Å². The molecule has 36 heavy (non-hydrogen) atoms. The predicted molar refractivity (Wildman–Crippen MR) is 142 cm³/mol. The molecule has 8 heteroatoms. The standard InChI is InChI=1S/C28H33N3O4S/c1-18-6-8-23(9-7-18)10-11-25-27(22(5)30-35-25)36(33,34)31-14-12-24(13-15-31)28(32)29-26-20(3)16-19(2)17-21(26)4/h6-11,16-17,24H,12-15H2,1-5H3,(H,29,32)/b11-10+. The zero-order valence-corrected chi connectivity index (χ0v) is 22.3. The van der Waals surface area contributed by atoms with E-state index in [4.69, 9.17) is 4.52 Å². The third kappa shape index (κ3) is 5.44. The van der Waals surface area contributed by atoms with Crippen LogP contribution in [0.5, 0.6) is 0 Å². The summed E-state index contributed by atoms with van der Waals surface area (Å²) >= 11 is 0. The molecule has 0 radical (unpaired) electrons. The van der Waals surface area contributed by atoms with E-state index in [-0.39, 0.29) is 35.6 Å². The topological polar surface area (TPSA) is 92.5 Å². The van der Waals surface area contributed by atoms with E-state index in [0.717, 1.165) is 33.5 Å². The molecule has 1 aliphatic heterocycles. The van der Waals surface area contributed by atoms with Crippen LogP contribution in [0.4, 0.5) is 5.69 Å². The van der Waals surface area contributed by atoms with Gasteiger partial charge in [0.15, 0.2) is 10.7 Å². The van der Waals surface area contributed by atoms with Crippen LogP contribution in [0, 0.1) is 40.5 Å². The Morgan fingerprint density at radius 3 is 2.19 bits per heavy atom. The van der Waals surface area contributed by atoms with E-state index in [9.17, 15) is 13.2 Å². The molecular weight excluding hydrogens is 474 g/mol. The summed E-state index contributed by atoms with van der Waals surface area (Å²) in [6.07, 6.45) is 4.36. The van der Waals surface area contributed by atoms with Gasteiger partial charge in [-0.15, -0.1) is 0 Å². The van der Waals surface area contributed by atoms with Gasteiger partial charge in [-0.2, -0.15) is 4.31 Å². The normalized spacial score (nSPS) is 15.5. The summed E-state index contributed by atoms with van der Waals surface area (Å²) in [4.78, 5) is 13.1. The maximum atomic E-state index is 13.5. The van der Waals surface area contributed by atoms with Crippen LogP contribution in [0.3, 0.4) is 0 Å². The number of nitrogens with zero attached hydrogens (tertiary/aromatic N) is 2. The van der Waals surface area contributed by atoms with Crippen molar-refractivity contribution in [2.75, 3.05) is 18.4 Å². The molecule has 2 heterocycles. The van der Waals surface area contributed by atoms with E-state index in [1.807, 2.05) is 70.2 Å². The fraction of sp³-hybridized carbons (Fsp3) is 0.357. The quantitative estimate of drug-likeness (QED) is 0.481. The molecule has 0 saturated carbocycles. The van der Waals surface area contributed by atoms with E-state index in [1.54, 1.807) is 13.0 Å². The van der Waals surface area contributed by atoms with Crippen molar-refractivity contribution in [1.82, 2.24) is 9.46 Å². The molecule has 1 N–H and O–H groups in total. The Kier molecular flexibility index (Phi) is 7.47. The number of hydrogen-bond donors (Lipinski definition) is 1. The highest BCUT2D eigenvalue weighted by molar-refractivity contribution is 7.89. The molecular formula is C28H33N3O4S. The molecule has 2 aromatic carbocycles. The fourth-order valence-electron chi connectivity index (χ4n) is 4.74. The highest BCUT2D eigenvalue weighted by Crippen LogP contribution is 2.30. The first kappa shape index (κ1) is 25.9. The van der Waals surface area contributed by atoms with E-state index >= 15 is 0 Å². The SMILES string of the molecule is Cc1ccc(/C=C/c2onc(C)c2S(=O)(=O)N2CCC(C(=O)Nc3c(C)cc(C)cc3C)CC2)cc1. The molecule has 0 spiro atoms. The lowest BCUT2D eigenvalue weighted by Gasteiger charge is -2.30. The molecule has 1 saturated heterocycles. The highest BCUT2D eigenvalue weighted by atomic mass is 32.2. The van der Waals surface area contributed by atoms with Crippen molar-refractivity contribution >= 4 is 33.8 Å². The van der Waals surface area contributed by atoms with Gasteiger partial charge in [0, 0.05) is 24.7 Å². The molecule has 7 nitrogen and oxygen atoms in total. The summed E-state index contributed by atoms with van der Waals surface area (Å²) < 4.78 is 33.9. The number of aromatic nitrogens is 1. The van der Waals surface area contributed by atoms with E-state index in [0.29, 0.717) is 18.5 Å². The summed E-state index contributed by atoms with van der Waals surface area (Å²) in [5.74, 6) is -0.107. The van der Waals surface area contributed by atoms with E-state index in [1.165, 1.54) is 4.31 Å². The minimum absolute atomic E-state index is 0.0648. The molecule has 3 aromatic rings. The number of hydrogen-bond acceptors (Lipinski definition) is 5. The second-order valence-corrected chi connectivity index (χ2v) is 11.5. The van der Waals surface area contributed by atoms with Gasteiger partial charge < -0.3 is 9.84 Å². The van der Waals surface area contributed by atoms with Crippen molar-refractivity contribution < 1.29 is 17.7 Å². The first-order valence-corrected chi connectivity index (χ1v) is 13.6. The Labute approximate surface area is 213 Å². The van der Waals surface area contributed by atoms with Gasteiger partial charge in [0.1, 0.15) is 5.69 Å². The highest BCUT2D eigenvalue weighted by Gasteiger charge is 2.36. The summed E-state index contributed by atoms with van der Waals surface area (Å²) in [6, 6.07) is 12.0. The second kappa shape index (κ2) is 10.4. The van der Waals surface area contributed by atoms with Crippen LogP contribution in [-0.2, 0) is 14.8 Å².